The lowest BCUT2D eigenvalue weighted by Crippen LogP contribution is -2.45. The van der Waals surface area contributed by atoms with Gasteiger partial charge in [-0.2, -0.15) is 0 Å². The second-order valence-electron chi connectivity index (χ2n) is 23.5. The van der Waals surface area contributed by atoms with Gasteiger partial charge in [-0.3, -0.25) is 9.59 Å². The number of ether oxygens (including phenoxy) is 1. The van der Waals surface area contributed by atoms with Gasteiger partial charge in [0.25, 0.3) is 0 Å². The van der Waals surface area contributed by atoms with Crippen LogP contribution < -0.4 is 5.32 Å². The van der Waals surface area contributed by atoms with Crippen LogP contribution in [0, 0.1) is 0 Å². The fraction of sp³-hybridized carbons (Fsp3) is 0.941. The number of amides is 1. The maximum atomic E-state index is 12.4. The Morgan fingerprint density at radius 2 is 0.622 bits per heavy atom. The van der Waals surface area contributed by atoms with Crippen molar-refractivity contribution in [1.29, 1.82) is 0 Å². The average Bonchev–Trinajstić information content (AvgIpc) is 3.40. The van der Waals surface area contributed by atoms with Gasteiger partial charge in [0.2, 0.25) is 5.91 Å². The number of carbonyl (C=O) groups excluding carboxylic acids is 2. The van der Waals surface area contributed by atoms with Crippen LogP contribution in [-0.4, -0.2) is 47.4 Å². The topological polar surface area (TPSA) is 95.9 Å². The van der Waals surface area contributed by atoms with E-state index in [-0.39, 0.29) is 18.5 Å². The SMILES string of the molecule is CCCCCCCCCCC/C=C/C(O)C(CO)NC(=O)CCCCCCCCCCCCCCCCCCCCCCCCCCCCCCOC(=O)CCCCCCCCCCCCCCCCCCCC. The molecule has 0 bridgehead atoms. The van der Waals surface area contributed by atoms with Gasteiger partial charge in [0.1, 0.15) is 0 Å². The first-order valence-corrected chi connectivity index (χ1v) is 34.0. The molecule has 0 aromatic rings. The van der Waals surface area contributed by atoms with Crippen LogP contribution in [0.25, 0.3) is 0 Å². The Morgan fingerprint density at radius 1 is 0.365 bits per heavy atom. The summed E-state index contributed by atoms with van der Waals surface area (Å²) in [6.07, 6.45) is 78.6. The molecular formula is C68H133NO5. The molecule has 440 valence electrons. The van der Waals surface area contributed by atoms with E-state index >= 15 is 0 Å². The van der Waals surface area contributed by atoms with Crippen molar-refractivity contribution in [2.24, 2.45) is 0 Å². The Labute approximate surface area is 463 Å². The maximum Gasteiger partial charge on any atom is 0.305 e. The summed E-state index contributed by atoms with van der Waals surface area (Å²) in [6.45, 7) is 4.93. The summed E-state index contributed by atoms with van der Waals surface area (Å²) >= 11 is 0. The van der Waals surface area contributed by atoms with Crippen LogP contribution in [0.3, 0.4) is 0 Å². The van der Waals surface area contributed by atoms with Gasteiger partial charge in [0.05, 0.1) is 25.4 Å². The van der Waals surface area contributed by atoms with Crippen LogP contribution in [0.4, 0.5) is 0 Å². The molecule has 0 aliphatic rings. The number of aliphatic hydroxyl groups excluding tert-OH is 2. The van der Waals surface area contributed by atoms with E-state index < -0.39 is 12.1 Å². The summed E-state index contributed by atoms with van der Waals surface area (Å²) in [6, 6.07) is -0.623. The smallest absolute Gasteiger partial charge is 0.305 e. The lowest BCUT2D eigenvalue weighted by molar-refractivity contribution is -0.143. The van der Waals surface area contributed by atoms with Crippen LogP contribution in [0.5, 0.6) is 0 Å². The van der Waals surface area contributed by atoms with Gasteiger partial charge in [0, 0.05) is 12.8 Å². The predicted molar refractivity (Wildman–Crippen MR) is 324 cm³/mol. The summed E-state index contributed by atoms with van der Waals surface area (Å²) in [7, 11) is 0. The third-order valence-corrected chi connectivity index (χ3v) is 16.1. The minimum atomic E-state index is -0.840. The third kappa shape index (κ3) is 59.8. The number of allylic oxidation sites excluding steroid dienone is 1. The Kier molecular flexibility index (Phi) is 62.9. The summed E-state index contributed by atoms with van der Waals surface area (Å²) < 4.78 is 5.51. The number of carbonyl (C=O) groups is 2. The van der Waals surface area contributed by atoms with Crippen LogP contribution in [0.15, 0.2) is 12.2 Å². The Morgan fingerprint density at radius 3 is 0.919 bits per heavy atom. The molecular weight excluding hydrogens is 911 g/mol. The Balaban J connectivity index is 3.31. The normalized spacial score (nSPS) is 12.5. The largest absolute Gasteiger partial charge is 0.466 e. The second-order valence-corrected chi connectivity index (χ2v) is 23.5. The molecule has 0 saturated heterocycles. The zero-order chi connectivity index (χ0) is 53.6. The molecule has 0 aliphatic heterocycles. The molecule has 0 spiro atoms. The molecule has 6 heteroatoms. The number of nitrogens with one attached hydrogen (secondary N) is 1. The molecule has 3 N–H and O–H groups in total. The summed E-state index contributed by atoms with van der Waals surface area (Å²) in [5.41, 5.74) is 0. The predicted octanol–water partition coefficient (Wildman–Crippen LogP) is 21.6. The van der Waals surface area contributed by atoms with Gasteiger partial charge in [0.15, 0.2) is 0 Å². The van der Waals surface area contributed by atoms with E-state index in [0.29, 0.717) is 19.4 Å². The van der Waals surface area contributed by atoms with Crippen molar-refractivity contribution in [2.45, 2.75) is 398 Å². The standard InChI is InChI=1S/C68H133NO5/c1-3-5-7-9-11-13-15-16-17-18-32-35-38-42-46-50-54-58-62-68(73)74-63-59-55-51-47-43-39-36-33-30-28-26-24-22-20-19-21-23-25-27-29-31-34-37-41-45-49-53-57-61-67(72)69-65(64-70)66(71)60-56-52-48-44-40-14-12-10-8-6-4-2/h56,60,65-66,70-71H,3-55,57-59,61-64H2,1-2H3,(H,69,72)/b60-56+. The van der Waals surface area contributed by atoms with Crippen molar-refractivity contribution in [3.63, 3.8) is 0 Å². The van der Waals surface area contributed by atoms with E-state index in [1.165, 1.54) is 321 Å². The highest BCUT2D eigenvalue weighted by Gasteiger charge is 2.18. The molecule has 0 aliphatic carbocycles. The maximum absolute atomic E-state index is 12.4. The summed E-state index contributed by atoms with van der Waals surface area (Å²) in [4.78, 5) is 24.5. The molecule has 0 aromatic heterocycles. The van der Waals surface area contributed by atoms with Gasteiger partial charge in [-0.15, -0.1) is 0 Å². The lowest BCUT2D eigenvalue weighted by atomic mass is 10.0. The van der Waals surface area contributed by atoms with E-state index in [1.54, 1.807) is 6.08 Å². The van der Waals surface area contributed by atoms with Crippen molar-refractivity contribution in [2.75, 3.05) is 13.2 Å². The Bertz CT molecular complexity index is 1110. The minimum absolute atomic E-state index is 0.0236. The molecule has 6 nitrogen and oxygen atoms in total. The second kappa shape index (κ2) is 64.1. The van der Waals surface area contributed by atoms with Crippen molar-refractivity contribution in [3.8, 4) is 0 Å². The molecule has 2 atom stereocenters. The van der Waals surface area contributed by atoms with Crippen molar-refractivity contribution < 1.29 is 24.5 Å². The van der Waals surface area contributed by atoms with E-state index in [4.69, 9.17) is 4.74 Å². The van der Waals surface area contributed by atoms with Crippen molar-refractivity contribution in [1.82, 2.24) is 5.32 Å². The molecule has 0 saturated carbocycles. The summed E-state index contributed by atoms with van der Waals surface area (Å²) in [5.74, 6) is -0.0406. The number of aliphatic hydroxyl groups is 2. The zero-order valence-electron chi connectivity index (χ0n) is 50.4. The van der Waals surface area contributed by atoms with Crippen LogP contribution in [-0.2, 0) is 14.3 Å². The summed E-state index contributed by atoms with van der Waals surface area (Å²) in [5, 5.41) is 23.0. The van der Waals surface area contributed by atoms with Crippen LogP contribution in [0.1, 0.15) is 386 Å². The monoisotopic (exact) mass is 1040 g/mol. The number of unbranched alkanes of at least 4 members (excludes halogenated alkanes) is 53. The number of hydrogen-bond acceptors (Lipinski definition) is 5. The zero-order valence-corrected chi connectivity index (χ0v) is 50.4. The molecule has 0 rings (SSSR count). The number of rotatable bonds is 64. The van der Waals surface area contributed by atoms with Gasteiger partial charge in [-0.05, 0) is 32.1 Å². The molecule has 0 aromatic carbocycles. The number of esters is 1. The van der Waals surface area contributed by atoms with Gasteiger partial charge >= 0.3 is 5.97 Å². The third-order valence-electron chi connectivity index (χ3n) is 16.1. The molecule has 0 radical (unpaired) electrons. The minimum Gasteiger partial charge on any atom is -0.466 e. The molecule has 0 heterocycles. The van der Waals surface area contributed by atoms with Gasteiger partial charge in [-0.25, -0.2) is 0 Å². The molecule has 1 amide bonds. The van der Waals surface area contributed by atoms with Crippen molar-refractivity contribution in [3.05, 3.63) is 12.2 Å². The molecule has 0 fully saturated rings. The van der Waals surface area contributed by atoms with E-state index in [2.05, 4.69) is 19.2 Å². The van der Waals surface area contributed by atoms with Crippen LogP contribution >= 0.6 is 0 Å². The van der Waals surface area contributed by atoms with Gasteiger partial charge in [-0.1, -0.05) is 353 Å². The first-order chi connectivity index (χ1) is 36.5. The average molecular weight is 1040 g/mol. The Hall–Kier alpha value is -1.40. The molecule has 74 heavy (non-hydrogen) atoms. The highest BCUT2D eigenvalue weighted by molar-refractivity contribution is 5.76. The van der Waals surface area contributed by atoms with E-state index in [0.717, 1.165) is 38.5 Å². The van der Waals surface area contributed by atoms with Crippen LogP contribution in [0.2, 0.25) is 0 Å². The highest BCUT2D eigenvalue weighted by Crippen LogP contribution is 2.19. The quantitative estimate of drug-likeness (QED) is 0.0320. The highest BCUT2D eigenvalue weighted by atomic mass is 16.5. The number of hydrogen-bond donors (Lipinski definition) is 3. The van der Waals surface area contributed by atoms with Crippen molar-refractivity contribution >= 4 is 11.9 Å². The van der Waals surface area contributed by atoms with E-state index in [1.807, 2.05) is 6.08 Å². The fourth-order valence-corrected chi connectivity index (χ4v) is 10.9. The van der Waals surface area contributed by atoms with E-state index in [9.17, 15) is 19.8 Å². The molecule has 2 unspecified atom stereocenters. The van der Waals surface area contributed by atoms with Gasteiger partial charge < -0.3 is 20.3 Å². The first-order valence-electron chi connectivity index (χ1n) is 34.0. The lowest BCUT2D eigenvalue weighted by Gasteiger charge is -2.20. The first kappa shape index (κ1) is 72.6. The fourth-order valence-electron chi connectivity index (χ4n) is 10.9.